The molecule has 0 spiro atoms. The lowest BCUT2D eigenvalue weighted by molar-refractivity contribution is -0.385. The Kier molecular flexibility index (Phi) is 6.62. The Labute approximate surface area is 160 Å². The Morgan fingerprint density at radius 2 is 2.07 bits per heavy atom. The van der Waals surface area contributed by atoms with Gasteiger partial charge in [0.2, 0.25) is 0 Å². The van der Waals surface area contributed by atoms with Crippen molar-refractivity contribution < 1.29 is 19.2 Å². The predicted molar refractivity (Wildman–Crippen MR) is 101 cm³/mol. The van der Waals surface area contributed by atoms with Crippen LogP contribution in [0, 0.1) is 17.0 Å². The van der Waals surface area contributed by atoms with Crippen molar-refractivity contribution in [1.29, 1.82) is 0 Å². The van der Waals surface area contributed by atoms with Crippen molar-refractivity contribution in [2.45, 2.75) is 40.3 Å². The number of ether oxygens (including phenoxy) is 1. The van der Waals surface area contributed by atoms with Crippen molar-refractivity contribution >= 4 is 28.9 Å². The van der Waals surface area contributed by atoms with Gasteiger partial charge >= 0.3 is 5.97 Å². The Balaban J connectivity index is 2.25. The highest BCUT2D eigenvalue weighted by Crippen LogP contribution is 2.22. The van der Waals surface area contributed by atoms with Crippen molar-refractivity contribution in [1.82, 2.24) is 9.88 Å². The summed E-state index contributed by atoms with van der Waals surface area (Å²) >= 11 is 1.26. The lowest BCUT2D eigenvalue weighted by atomic mass is 10.1. The molecule has 2 rings (SSSR count). The van der Waals surface area contributed by atoms with E-state index in [0.29, 0.717) is 10.6 Å². The summed E-state index contributed by atoms with van der Waals surface area (Å²) in [7, 11) is 0. The highest BCUT2D eigenvalue weighted by atomic mass is 32.1. The summed E-state index contributed by atoms with van der Waals surface area (Å²) in [5, 5.41) is 13.3. The van der Waals surface area contributed by atoms with E-state index in [2.05, 4.69) is 4.98 Å². The van der Waals surface area contributed by atoms with E-state index in [1.807, 2.05) is 13.8 Å². The lowest BCUT2D eigenvalue weighted by Gasteiger charge is -2.26. The van der Waals surface area contributed by atoms with E-state index in [1.54, 1.807) is 36.3 Å². The average Bonchev–Trinajstić information content (AvgIpc) is 3.08. The fourth-order valence-electron chi connectivity index (χ4n) is 2.42. The standard InChI is InChI=1S/C18H21N3O5S/c1-5-26-18(23)14-10-27-16(19-14)9-20(11(2)3)17(22)13-7-6-12(4)15(8-13)21(24)25/h6-8,10-11H,5,9H2,1-4H3. The number of hydrogen-bond acceptors (Lipinski definition) is 7. The Hall–Kier alpha value is -2.81. The molecule has 0 aliphatic carbocycles. The molecule has 9 heteroatoms. The number of nitro benzene ring substituents is 1. The van der Waals surface area contributed by atoms with Crippen LogP contribution < -0.4 is 0 Å². The van der Waals surface area contributed by atoms with E-state index < -0.39 is 10.9 Å². The molecular weight excluding hydrogens is 370 g/mol. The van der Waals surface area contributed by atoms with Gasteiger partial charge in [0.1, 0.15) is 5.01 Å². The second-order valence-corrected chi connectivity index (χ2v) is 7.07. The first-order valence-electron chi connectivity index (χ1n) is 8.42. The summed E-state index contributed by atoms with van der Waals surface area (Å²) < 4.78 is 4.92. The van der Waals surface area contributed by atoms with Gasteiger partial charge in [-0.05, 0) is 33.8 Å². The van der Waals surface area contributed by atoms with Crippen molar-refractivity contribution in [2.75, 3.05) is 6.61 Å². The van der Waals surface area contributed by atoms with Crippen LogP contribution in [0.15, 0.2) is 23.6 Å². The number of carbonyl (C=O) groups is 2. The van der Waals surface area contributed by atoms with E-state index >= 15 is 0 Å². The second kappa shape index (κ2) is 8.72. The quantitative estimate of drug-likeness (QED) is 0.406. The molecule has 27 heavy (non-hydrogen) atoms. The number of esters is 1. The fourth-order valence-corrected chi connectivity index (χ4v) is 3.18. The zero-order valence-corrected chi connectivity index (χ0v) is 16.4. The Morgan fingerprint density at radius 1 is 1.37 bits per heavy atom. The average molecular weight is 391 g/mol. The van der Waals surface area contributed by atoms with E-state index in [-0.39, 0.29) is 42.0 Å². The minimum absolute atomic E-state index is 0.0941. The van der Waals surface area contributed by atoms with Gasteiger partial charge < -0.3 is 9.64 Å². The topological polar surface area (TPSA) is 103 Å². The summed E-state index contributed by atoms with van der Waals surface area (Å²) in [6, 6.07) is 4.27. The molecule has 0 bridgehead atoms. The van der Waals surface area contributed by atoms with Gasteiger partial charge in [-0.15, -0.1) is 11.3 Å². The maximum atomic E-state index is 12.9. The van der Waals surface area contributed by atoms with Gasteiger partial charge in [0.15, 0.2) is 5.69 Å². The van der Waals surface area contributed by atoms with Gasteiger partial charge in [0.25, 0.3) is 11.6 Å². The van der Waals surface area contributed by atoms with Crippen LogP contribution in [0.1, 0.15) is 52.2 Å². The van der Waals surface area contributed by atoms with Crippen LogP contribution >= 0.6 is 11.3 Å². The third-order valence-corrected chi connectivity index (χ3v) is 4.71. The minimum atomic E-state index is -0.503. The number of aromatic nitrogens is 1. The molecule has 0 atom stereocenters. The molecule has 144 valence electrons. The Morgan fingerprint density at radius 3 is 2.67 bits per heavy atom. The zero-order valence-electron chi connectivity index (χ0n) is 15.6. The molecule has 1 amide bonds. The van der Waals surface area contributed by atoms with Gasteiger partial charge in [-0.25, -0.2) is 9.78 Å². The number of hydrogen-bond donors (Lipinski definition) is 0. The van der Waals surface area contributed by atoms with Crippen LogP contribution in [0.5, 0.6) is 0 Å². The van der Waals surface area contributed by atoms with Crippen LogP contribution in [0.3, 0.4) is 0 Å². The van der Waals surface area contributed by atoms with Crippen LogP contribution in [-0.2, 0) is 11.3 Å². The number of nitro groups is 1. The Bertz CT molecular complexity index is 862. The monoisotopic (exact) mass is 391 g/mol. The second-order valence-electron chi connectivity index (χ2n) is 6.13. The zero-order chi connectivity index (χ0) is 20.1. The molecular formula is C18H21N3O5S. The van der Waals surface area contributed by atoms with Gasteiger partial charge in [-0.2, -0.15) is 0 Å². The van der Waals surface area contributed by atoms with Crippen LogP contribution in [0.25, 0.3) is 0 Å². The van der Waals surface area contributed by atoms with Gasteiger partial charge in [0, 0.05) is 28.6 Å². The largest absolute Gasteiger partial charge is 0.461 e. The van der Waals surface area contributed by atoms with Gasteiger partial charge in [0.05, 0.1) is 18.1 Å². The van der Waals surface area contributed by atoms with Crippen molar-refractivity contribution in [3.63, 3.8) is 0 Å². The first-order chi connectivity index (χ1) is 12.7. The third kappa shape index (κ3) is 4.88. The fraction of sp³-hybridized carbons (Fsp3) is 0.389. The summed E-state index contributed by atoms with van der Waals surface area (Å²) in [6.45, 7) is 7.49. The van der Waals surface area contributed by atoms with Crippen LogP contribution in [0.4, 0.5) is 5.69 Å². The number of carbonyl (C=O) groups excluding carboxylic acids is 2. The molecule has 0 unspecified atom stereocenters. The summed E-state index contributed by atoms with van der Waals surface area (Å²) in [5.41, 5.74) is 0.845. The van der Waals surface area contributed by atoms with E-state index in [4.69, 9.17) is 4.74 Å². The molecule has 1 aromatic carbocycles. The van der Waals surface area contributed by atoms with E-state index in [0.717, 1.165) is 0 Å². The van der Waals surface area contributed by atoms with E-state index in [9.17, 15) is 19.7 Å². The molecule has 1 heterocycles. The van der Waals surface area contributed by atoms with Crippen molar-refractivity contribution in [2.24, 2.45) is 0 Å². The third-order valence-electron chi connectivity index (χ3n) is 3.88. The normalized spacial score (nSPS) is 10.7. The van der Waals surface area contributed by atoms with Crippen LogP contribution in [-0.4, -0.2) is 39.3 Å². The number of aryl methyl sites for hydroxylation is 1. The summed E-state index contributed by atoms with van der Waals surface area (Å²) in [4.78, 5) is 41.1. The number of benzene rings is 1. The molecule has 1 aromatic heterocycles. The highest BCUT2D eigenvalue weighted by molar-refractivity contribution is 7.09. The highest BCUT2D eigenvalue weighted by Gasteiger charge is 2.23. The first-order valence-corrected chi connectivity index (χ1v) is 9.30. The number of nitrogens with zero attached hydrogens (tertiary/aromatic N) is 3. The molecule has 0 aliphatic rings. The van der Waals surface area contributed by atoms with Crippen molar-refractivity contribution in [3.8, 4) is 0 Å². The minimum Gasteiger partial charge on any atom is -0.461 e. The maximum Gasteiger partial charge on any atom is 0.357 e. The number of amides is 1. The van der Waals surface area contributed by atoms with Crippen LogP contribution in [0.2, 0.25) is 0 Å². The molecule has 0 radical (unpaired) electrons. The maximum absolute atomic E-state index is 12.9. The lowest BCUT2D eigenvalue weighted by Crippen LogP contribution is -2.36. The SMILES string of the molecule is CCOC(=O)c1csc(CN(C(=O)c2ccc(C)c([N+](=O)[O-])c2)C(C)C)n1. The van der Waals surface area contributed by atoms with Gasteiger partial charge in [-0.3, -0.25) is 14.9 Å². The molecule has 0 fully saturated rings. The van der Waals surface area contributed by atoms with Crippen molar-refractivity contribution in [3.05, 3.63) is 55.5 Å². The molecule has 2 aromatic rings. The molecule has 0 saturated heterocycles. The number of rotatable bonds is 7. The smallest absolute Gasteiger partial charge is 0.357 e. The van der Waals surface area contributed by atoms with E-state index in [1.165, 1.54) is 17.4 Å². The first kappa shape index (κ1) is 20.5. The predicted octanol–water partition coefficient (Wildman–Crippen LogP) is 3.59. The van der Waals surface area contributed by atoms with Gasteiger partial charge in [-0.1, -0.05) is 6.07 Å². The summed E-state index contributed by atoms with van der Waals surface area (Å²) in [5.74, 6) is -0.836. The summed E-state index contributed by atoms with van der Waals surface area (Å²) in [6.07, 6.45) is 0. The molecule has 0 saturated carbocycles. The molecule has 0 N–H and O–H groups in total. The number of thiazole rings is 1. The molecule has 8 nitrogen and oxygen atoms in total. The molecule has 0 aliphatic heterocycles.